The Morgan fingerprint density at radius 3 is 2.95 bits per heavy atom. The lowest BCUT2D eigenvalue weighted by atomic mass is 10.0. The van der Waals surface area contributed by atoms with E-state index in [1.165, 1.54) is 37.1 Å². The number of ether oxygens (including phenoxy) is 1. The number of thiazole rings is 1. The number of nitrogens with zero attached hydrogens (tertiary/aromatic N) is 2. The van der Waals surface area contributed by atoms with Crippen molar-refractivity contribution in [2.24, 2.45) is 0 Å². The normalized spacial score (nSPS) is 15.7. The van der Waals surface area contributed by atoms with E-state index in [9.17, 15) is 4.79 Å². The van der Waals surface area contributed by atoms with Crippen LogP contribution in [0.25, 0.3) is 4.96 Å². The summed E-state index contributed by atoms with van der Waals surface area (Å²) in [6, 6.07) is 0. The zero-order valence-electron chi connectivity index (χ0n) is 11.9. The summed E-state index contributed by atoms with van der Waals surface area (Å²) in [4.78, 5) is 17.5. The first-order valence-electron chi connectivity index (χ1n) is 7.41. The first kappa shape index (κ1) is 13.6. The van der Waals surface area contributed by atoms with E-state index in [0.29, 0.717) is 13.0 Å². The molecule has 0 unspecified atom stereocenters. The number of rotatable bonds is 3. The van der Waals surface area contributed by atoms with E-state index in [1.54, 1.807) is 11.3 Å². The highest BCUT2D eigenvalue weighted by Crippen LogP contribution is 2.26. The van der Waals surface area contributed by atoms with Gasteiger partial charge in [0.1, 0.15) is 0 Å². The average Bonchev–Trinajstić information content (AvgIpc) is 2.91. The van der Waals surface area contributed by atoms with Crippen molar-refractivity contribution < 1.29 is 9.53 Å². The van der Waals surface area contributed by atoms with E-state index < -0.39 is 0 Å². The van der Waals surface area contributed by atoms with Crippen LogP contribution in [0.5, 0.6) is 0 Å². The number of hydrogen-bond donors (Lipinski definition) is 0. The quantitative estimate of drug-likeness (QED) is 0.816. The number of imidazole rings is 1. The van der Waals surface area contributed by atoms with Crippen molar-refractivity contribution in [3.05, 3.63) is 22.5 Å². The van der Waals surface area contributed by atoms with Gasteiger partial charge >= 0.3 is 5.97 Å². The summed E-state index contributed by atoms with van der Waals surface area (Å²) in [5.74, 6) is -0.152. The van der Waals surface area contributed by atoms with Gasteiger partial charge in [-0.3, -0.25) is 9.20 Å². The Kier molecular flexibility index (Phi) is 4.05. The van der Waals surface area contributed by atoms with Crippen LogP contribution in [0, 0.1) is 0 Å². The van der Waals surface area contributed by atoms with Crippen molar-refractivity contribution in [3.8, 4) is 0 Å². The molecule has 0 amide bonds. The van der Waals surface area contributed by atoms with E-state index in [-0.39, 0.29) is 5.97 Å². The van der Waals surface area contributed by atoms with Crippen LogP contribution in [0.4, 0.5) is 0 Å². The molecule has 0 radical (unpaired) electrons. The number of aryl methyl sites for hydroxylation is 2. The molecule has 0 spiro atoms. The van der Waals surface area contributed by atoms with Crippen molar-refractivity contribution in [3.63, 3.8) is 0 Å². The Morgan fingerprint density at radius 2 is 2.15 bits per heavy atom. The lowest BCUT2D eigenvalue weighted by molar-refractivity contribution is -0.142. The molecule has 0 aromatic carbocycles. The maximum atomic E-state index is 11.7. The van der Waals surface area contributed by atoms with Crippen LogP contribution in [-0.4, -0.2) is 22.0 Å². The third-order valence-corrected chi connectivity index (χ3v) is 4.70. The summed E-state index contributed by atoms with van der Waals surface area (Å²) < 4.78 is 7.26. The molecular weight excluding hydrogens is 272 g/mol. The van der Waals surface area contributed by atoms with Gasteiger partial charge in [0, 0.05) is 16.8 Å². The van der Waals surface area contributed by atoms with Gasteiger partial charge in [-0.25, -0.2) is 4.98 Å². The molecule has 0 bridgehead atoms. The Bertz CT molecular complexity index is 615. The van der Waals surface area contributed by atoms with Gasteiger partial charge in [0.05, 0.1) is 18.7 Å². The zero-order valence-corrected chi connectivity index (χ0v) is 12.7. The minimum atomic E-state index is -0.152. The molecule has 3 rings (SSSR count). The van der Waals surface area contributed by atoms with Crippen molar-refractivity contribution in [1.29, 1.82) is 0 Å². The molecule has 0 atom stereocenters. The first-order chi connectivity index (χ1) is 9.79. The molecular formula is C15H20N2O2S. The summed E-state index contributed by atoms with van der Waals surface area (Å²) in [7, 11) is 0. The second kappa shape index (κ2) is 5.95. The largest absolute Gasteiger partial charge is 0.466 e. The van der Waals surface area contributed by atoms with Crippen molar-refractivity contribution in [2.45, 2.75) is 51.9 Å². The Labute approximate surface area is 122 Å². The Balaban J connectivity index is 1.95. The highest BCUT2D eigenvalue weighted by Gasteiger charge is 2.19. The fraction of sp³-hybridized carbons (Fsp3) is 0.600. The van der Waals surface area contributed by atoms with Crippen LogP contribution < -0.4 is 0 Å². The molecule has 0 saturated heterocycles. The van der Waals surface area contributed by atoms with Crippen molar-refractivity contribution in [1.82, 2.24) is 9.38 Å². The monoisotopic (exact) mass is 292 g/mol. The van der Waals surface area contributed by atoms with Gasteiger partial charge in [0.2, 0.25) is 0 Å². The zero-order chi connectivity index (χ0) is 13.9. The number of carbonyl (C=O) groups excluding carboxylic acids is 1. The molecule has 0 fully saturated rings. The topological polar surface area (TPSA) is 43.6 Å². The van der Waals surface area contributed by atoms with Gasteiger partial charge < -0.3 is 4.74 Å². The average molecular weight is 292 g/mol. The van der Waals surface area contributed by atoms with E-state index in [1.807, 2.05) is 12.3 Å². The molecule has 2 heterocycles. The third kappa shape index (κ3) is 2.59. The number of carbonyl (C=O) groups is 1. The summed E-state index contributed by atoms with van der Waals surface area (Å²) in [6.07, 6.45) is 7.53. The molecule has 0 saturated carbocycles. The van der Waals surface area contributed by atoms with Crippen LogP contribution in [-0.2, 0) is 28.8 Å². The molecule has 108 valence electrons. The highest BCUT2D eigenvalue weighted by molar-refractivity contribution is 7.15. The predicted molar refractivity (Wildman–Crippen MR) is 79.3 cm³/mol. The maximum Gasteiger partial charge on any atom is 0.311 e. The van der Waals surface area contributed by atoms with Crippen LogP contribution >= 0.6 is 11.3 Å². The molecule has 2 aromatic rings. The molecule has 5 heteroatoms. The van der Waals surface area contributed by atoms with E-state index >= 15 is 0 Å². The minimum Gasteiger partial charge on any atom is -0.466 e. The number of fused-ring (bicyclic) bond motifs is 3. The summed E-state index contributed by atoms with van der Waals surface area (Å²) in [6.45, 7) is 2.28. The summed E-state index contributed by atoms with van der Waals surface area (Å²) >= 11 is 1.63. The van der Waals surface area contributed by atoms with E-state index in [2.05, 4.69) is 4.40 Å². The number of aromatic nitrogens is 2. The smallest absolute Gasteiger partial charge is 0.311 e. The summed E-state index contributed by atoms with van der Waals surface area (Å²) in [5, 5.41) is 2.04. The summed E-state index contributed by atoms with van der Waals surface area (Å²) in [5.41, 5.74) is 3.58. The second-order valence-corrected chi connectivity index (χ2v) is 6.08. The SMILES string of the molecule is CCOC(=O)Cc1csc2nc3c(n12)CCCCCC3. The van der Waals surface area contributed by atoms with Crippen molar-refractivity contribution in [2.75, 3.05) is 6.61 Å². The van der Waals surface area contributed by atoms with Crippen LogP contribution in [0.3, 0.4) is 0 Å². The molecule has 4 nitrogen and oxygen atoms in total. The van der Waals surface area contributed by atoms with Gasteiger partial charge in [-0.15, -0.1) is 11.3 Å². The first-order valence-corrected chi connectivity index (χ1v) is 8.29. The number of hydrogen-bond acceptors (Lipinski definition) is 4. The standard InChI is InChI=1S/C15H20N2O2S/c1-2-19-14(18)9-11-10-20-15-16-12-7-5-3-4-6-8-13(12)17(11)15/h10H,2-9H2,1H3. The second-order valence-electron chi connectivity index (χ2n) is 5.25. The van der Waals surface area contributed by atoms with E-state index in [4.69, 9.17) is 9.72 Å². The van der Waals surface area contributed by atoms with Crippen LogP contribution in [0.15, 0.2) is 5.38 Å². The Morgan fingerprint density at radius 1 is 1.35 bits per heavy atom. The molecule has 1 aliphatic carbocycles. The van der Waals surface area contributed by atoms with Crippen molar-refractivity contribution >= 4 is 22.3 Å². The lowest BCUT2D eigenvalue weighted by Crippen LogP contribution is -2.10. The van der Waals surface area contributed by atoms with Crippen LogP contribution in [0.1, 0.15) is 49.7 Å². The van der Waals surface area contributed by atoms with E-state index in [0.717, 1.165) is 23.5 Å². The molecule has 0 N–H and O–H groups in total. The fourth-order valence-corrected chi connectivity index (χ4v) is 3.82. The molecule has 20 heavy (non-hydrogen) atoms. The predicted octanol–water partition coefficient (Wildman–Crippen LogP) is 3.16. The molecule has 1 aliphatic rings. The van der Waals surface area contributed by atoms with Gasteiger partial charge in [0.25, 0.3) is 0 Å². The number of esters is 1. The van der Waals surface area contributed by atoms with Gasteiger partial charge in [0.15, 0.2) is 4.96 Å². The van der Waals surface area contributed by atoms with Crippen LogP contribution in [0.2, 0.25) is 0 Å². The van der Waals surface area contributed by atoms with Gasteiger partial charge in [-0.05, 0) is 32.6 Å². The fourth-order valence-electron chi connectivity index (χ4n) is 2.90. The Hall–Kier alpha value is -1.36. The molecule has 0 aliphatic heterocycles. The molecule has 2 aromatic heterocycles. The lowest BCUT2D eigenvalue weighted by Gasteiger charge is -2.10. The van der Waals surface area contributed by atoms with Gasteiger partial charge in [-0.2, -0.15) is 0 Å². The van der Waals surface area contributed by atoms with Gasteiger partial charge in [-0.1, -0.05) is 12.8 Å². The maximum absolute atomic E-state index is 11.7. The minimum absolute atomic E-state index is 0.152. The third-order valence-electron chi connectivity index (χ3n) is 3.82. The highest BCUT2D eigenvalue weighted by atomic mass is 32.1.